The molecule has 0 unspecified atom stereocenters. The molecule has 6 nitrogen and oxygen atoms in total. The predicted octanol–water partition coefficient (Wildman–Crippen LogP) is -1.84. The molecular formula is C8H15N3O3. The highest BCUT2D eigenvalue weighted by atomic mass is 16.2. The molecule has 0 aliphatic rings. The van der Waals surface area contributed by atoms with Crippen LogP contribution in [-0.4, -0.2) is 36.7 Å². The van der Waals surface area contributed by atoms with Crippen LogP contribution in [0, 0.1) is 0 Å². The summed E-state index contributed by atoms with van der Waals surface area (Å²) >= 11 is 0. The number of nitrogens with one attached hydrogen (secondary N) is 2. The molecule has 0 rings (SSSR count). The maximum Gasteiger partial charge on any atom is 0.239 e. The molecule has 2 amide bonds. The van der Waals surface area contributed by atoms with Gasteiger partial charge in [0.15, 0.2) is 0 Å². The maximum absolute atomic E-state index is 11.2. The van der Waals surface area contributed by atoms with Crippen LogP contribution >= 0.6 is 0 Å². The summed E-state index contributed by atoms with van der Waals surface area (Å²) in [6.07, 6.45) is 0.562. The first-order valence-corrected chi connectivity index (χ1v) is 4.15. The normalized spacial score (nSPS) is 10.5. The first-order chi connectivity index (χ1) is 6.38. The summed E-state index contributed by atoms with van der Waals surface area (Å²) in [5, 5.41) is 4.62. The molecule has 0 fully saturated rings. The van der Waals surface area contributed by atoms with Crippen molar-refractivity contribution in [3.05, 3.63) is 0 Å². The third-order valence-electron chi connectivity index (χ3n) is 1.38. The molecule has 0 aromatic heterocycles. The lowest BCUT2D eigenvalue weighted by atomic mass is 10.1. The van der Waals surface area contributed by atoms with E-state index in [1.807, 2.05) is 0 Å². The molecule has 14 heavy (non-hydrogen) atoms. The van der Waals surface area contributed by atoms with Crippen molar-refractivity contribution < 1.29 is 14.4 Å². The van der Waals surface area contributed by atoms with E-state index in [0.717, 1.165) is 0 Å². The second-order valence-electron chi connectivity index (χ2n) is 3.38. The molecule has 80 valence electrons. The van der Waals surface area contributed by atoms with Crippen LogP contribution in [-0.2, 0) is 14.4 Å². The molecule has 0 aromatic rings. The van der Waals surface area contributed by atoms with Crippen LogP contribution in [0.1, 0.15) is 13.8 Å². The van der Waals surface area contributed by atoms with Crippen molar-refractivity contribution in [2.24, 2.45) is 5.73 Å². The van der Waals surface area contributed by atoms with Gasteiger partial charge < -0.3 is 21.2 Å². The van der Waals surface area contributed by atoms with E-state index in [2.05, 4.69) is 10.6 Å². The van der Waals surface area contributed by atoms with Crippen LogP contribution in [0.3, 0.4) is 0 Å². The quantitative estimate of drug-likeness (QED) is 0.455. The molecule has 0 aliphatic heterocycles. The molecule has 4 N–H and O–H groups in total. The Kier molecular flexibility index (Phi) is 4.79. The van der Waals surface area contributed by atoms with Crippen LogP contribution in [0.15, 0.2) is 0 Å². The number of nitrogens with two attached hydrogens (primary N) is 1. The Morgan fingerprint density at radius 1 is 1.36 bits per heavy atom. The molecule has 0 heterocycles. The molecule has 0 saturated heterocycles. The lowest BCUT2D eigenvalue weighted by Gasteiger charge is -2.17. The first kappa shape index (κ1) is 12.6. The van der Waals surface area contributed by atoms with Gasteiger partial charge in [-0.2, -0.15) is 0 Å². The van der Waals surface area contributed by atoms with Gasteiger partial charge in [0.2, 0.25) is 11.8 Å². The Morgan fingerprint density at radius 3 is 2.36 bits per heavy atom. The highest BCUT2D eigenvalue weighted by Gasteiger charge is 2.21. The van der Waals surface area contributed by atoms with E-state index in [0.29, 0.717) is 6.29 Å². The lowest BCUT2D eigenvalue weighted by Crippen LogP contribution is -2.51. The van der Waals surface area contributed by atoms with Gasteiger partial charge in [-0.15, -0.1) is 0 Å². The lowest BCUT2D eigenvalue weighted by molar-refractivity contribution is -0.128. The van der Waals surface area contributed by atoms with E-state index >= 15 is 0 Å². The van der Waals surface area contributed by atoms with E-state index in [1.165, 1.54) is 13.8 Å². The van der Waals surface area contributed by atoms with Crippen molar-refractivity contribution in [1.82, 2.24) is 10.6 Å². The standard InChI is InChI=1S/C8H15N3O3/c1-8(2,9)7(14)11-5-6(13)10-3-4-12/h4H,3,5,9H2,1-2H3,(H,10,13)(H,11,14). The number of hydrogen-bond donors (Lipinski definition) is 3. The minimum Gasteiger partial charge on any atom is -0.348 e. The Bertz CT molecular complexity index is 232. The molecule has 0 saturated carbocycles. The van der Waals surface area contributed by atoms with E-state index in [-0.39, 0.29) is 13.1 Å². The third-order valence-corrected chi connectivity index (χ3v) is 1.38. The van der Waals surface area contributed by atoms with E-state index in [9.17, 15) is 14.4 Å². The monoisotopic (exact) mass is 201 g/mol. The van der Waals surface area contributed by atoms with Gasteiger partial charge in [-0.3, -0.25) is 9.59 Å². The van der Waals surface area contributed by atoms with Gasteiger partial charge >= 0.3 is 0 Å². The topological polar surface area (TPSA) is 101 Å². The number of carbonyl (C=O) groups is 3. The number of amides is 2. The van der Waals surface area contributed by atoms with Crippen molar-refractivity contribution in [1.29, 1.82) is 0 Å². The largest absolute Gasteiger partial charge is 0.348 e. The van der Waals surface area contributed by atoms with E-state index in [1.54, 1.807) is 0 Å². The number of rotatable bonds is 5. The fraction of sp³-hybridized carbons (Fsp3) is 0.625. The van der Waals surface area contributed by atoms with Crippen molar-refractivity contribution in [2.45, 2.75) is 19.4 Å². The van der Waals surface area contributed by atoms with Gasteiger partial charge in [0, 0.05) is 0 Å². The average Bonchev–Trinajstić information content (AvgIpc) is 2.09. The predicted molar refractivity (Wildman–Crippen MR) is 50.3 cm³/mol. The van der Waals surface area contributed by atoms with E-state index < -0.39 is 17.4 Å². The molecular weight excluding hydrogens is 186 g/mol. The average molecular weight is 201 g/mol. The number of hydrogen-bond acceptors (Lipinski definition) is 4. The first-order valence-electron chi connectivity index (χ1n) is 4.15. The Labute approximate surface area is 82.2 Å². The van der Waals surface area contributed by atoms with Gasteiger partial charge in [0.1, 0.15) is 6.29 Å². The highest BCUT2D eigenvalue weighted by molar-refractivity contribution is 5.89. The van der Waals surface area contributed by atoms with Crippen molar-refractivity contribution in [3.8, 4) is 0 Å². The minimum atomic E-state index is -1.01. The van der Waals surface area contributed by atoms with Gasteiger partial charge in [0.25, 0.3) is 0 Å². The summed E-state index contributed by atoms with van der Waals surface area (Å²) in [5.41, 5.74) is 4.46. The molecule has 0 atom stereocenters. The van der Waals surface area contributed by atoms with Gasteiger partial charge in [-0.1, -0.05) is 0 Å². The molecule has 6 heteroatoms. The zero-order chi connectivity index (χ0) is 11.2. The van der Waals surface area contributed by atoms with Crippen LogP contribution < -0.4 is 16.4 Å². The molecule has 0 radical (unpaired) electrons. The fourth-order valence-electron chi connectivity index (χ4n) is 0.606. The summed E-state index contributed by atoms with van der Waals surface area (Å²) < 4.78 is 0. The summed E-state index contributed by atoms with van der Waals surface area (Å²) in [4.78, 5) is 31.9. The van der Waals surface area contributed by atoms with Crippen LogP contribution in [0.2, 0.25) is 0 Å². The molecule has 0 aromatic carbocycles. The zero-order valence-electron chi connectivity index (χ0n) is 8.29. The van der Waals surface area contributed by atoms with Crippen molar-refractivity contribution >= 4 is 18.1 Å². The second kappa shape index (κ2) is 5.33. The summed E-state index contributed by atoms with van der Waals surface area (Å²) in [5.74, 6) is -0.839. The summed E-state index contributed by atoms with van der Waals surface area (Å²) in [6, 6.07) is 0. The smallest absolute Gasteiger partial charge is 0.239 e. The SMILES string of the molecule is CC(C)(N)C(=O)NCC(=O)NCC=O. The minimum absolute atomic E-state index is 0.0548. The van der Waals surface area contributed by atoms with Crippen molar-refractivity contribution in [2.75, 3.05) is 13.1 Å². The highest BCUT2D eigenvalue weighted by Crippen LogP contribution is 1.94. The number of carbonyl (C=O) groups excluding carboxylic acids is 3. The zero-order valence-corrected chi connectivity index (χ0v) is 8.29. The third kappa shape index (κ3) is 5.26. The van der Waals surface area contributed by atoms with Crippen LogP contribution in [0.5, 0.6) is 0 Å². The van der Waals surface area contributed by atoms with Gasteiger partial charge in [0.05, 0.1) is 18.6 Å². The fourth-order valence-corrected chi connectivity index (χ4v) is 0.606. The van der Waals surface area contributed by atoms with Crippen LogP contribution in [0.25, 0.3) is 0 Å². The van der Waals surface area contributed by atoms with E-state index in [4.69, 9.17) is 5.73 Å². The molecule has 0 spiro atoms. The second-order valence-corrected chi connectivity index (χ2v) is 3.38. The number of aldehydes is 1. The Hall–Kier alpha value is -1.43. The maximum atomic E-state index is 11.2. The summed E-state index contributed by atoms with van der Waals surface area (Å²) in [6.45, 7) is 2.84. The van der Waals surface area contributed by atoms with Gasteiger partial charge in [-0.25, -0.2) is 0 Å². The Morgan fingerprint density at radius 2 is 1.93 bits per heavy atom. The Balaban J connectivity index is 3.78. The summed E-state index contributed by atoms with van der Waals surface area (Å²) in [7, 11) is 0. The molecule has 0 aliphatic carbocycles. The van der Waals surface area contributed by atoms with Gasteiger partial charge in [-0.05, 0) is 13.8 Å². The molecule has 0 bridgehead atoms. The van der Waals surface area contributed by atoms with Crippen molar-refractivity contribution in [3.63, 3.8) is 0 Å². The van der Waals surface area contributed by atoms with Crippen LogP contribution in [0.4, 0.5) is 0 Å².